The van der Waals surface area contributed by atoms with Crippen LogP contribution >= 0.6 is 0 Å². The van der Waals surface area contributed by atoms with Gasteiger partial charge in [0.15, 0.2) is 0 Å². The van der Waals surface area contributed by atoms with Crippen LogP contribution in [-0.2, 0) is 11.3 Å². The van der Waals surface area contributed by atoms with Gasteiger partial charge in [0.2, 0.25) is 0 Å². The smallest absolute Gasteiger partial charge is 0.123 e. The predicted octanol–water partition coefficient (Wildman–Crippen LogP) is 1.69. The van der Waals surface area contributed by atoms with Crippen molar-refractivity contribution in [1.82, 2.24) is 0 Å². The summed E-state index contributed by atoms with van der Waals surface area (Å²) in [6, 6.07) is 6.29. The third kappa shape index (κ3) is 4.01. The summed E-state index contributed by atoms with van der Waals surface area (Å²) in [7, 11) is 0. The van der Waals surface area contributed by atoms with Crippen molar-refractivity contribution in [3.05, 3.63) is 35.6 Å². The largest absolute Gasteiger partial charge is 0.375 e. The summed E-state index contributed by atoms with van der Waals surface area (Å²) in [4.78, 5) is 0. The lowest BCUT2D eigenvalue weighted by Crippen LogP contribution is -2.21. The molecule has 0 saturated heterocycles. The number of hydrogen-bond donors (Lipinski definition) is 1. The summed E-state index contributed by atoms with van der Waals surface area (Å²) in [5, 5.41) is 0. The fourth-order valence-electron chi connectivity index (χ4n) is 0.943. The molecule has 0 amide bonds. The van der Waals surface area contributed by atoms with E-state index < -0.39 is 0 Å². The minimum absolute atomic E-state index is 0.0421. The molecule has 0 radical (unpaired) electrons. The normalized spacial score (nSPS) is 12.8. The van der Waals surface area contributed by atoms with Crippen molar-refractivity contribution >= 4 is 0 Å². The van der Waals surface area contributed by atoms with Gasteiger partial charge in [0, 0.05) is 6.04 Å². The van der Waals surface area contributed by atoms with Crippen LogP contribution in [0.25, 0.3) is 0 Å². The first-order chi connectivity index (χ1) is 6.18. The molecule has 0 aliphatic carbocycles. The summed E-state index contributed by atoms with van der Waals surface area (Å²) in [6.45, 7) is 2.89. The lowest BCUT2D eigenvalue weighted by molar-refractivity contribution is 0.111. The van der Waals surface area contributed by atoms with Crippen LogP contribution in [0.4, 0.5) is 4.39 Å². The average molecular weight is 183 g/mol. The molecule has 13 heavy (non-hydrogen) atoms. The molecule has 0 bridgehead atoms. The Labute approximate surface area is 77.5 Å². The Morgan fingerprint density at radius 1 is 1.38 bits per heavy atom. The van der Waals surface area contributed by atoms with E-state index in [1.807, 2.05) is 6.92 Å². The highest BCUT2D eigenvalue weighted by molar-refractivity contribution is 5.14. The molecule has 1 unspecified atom stereocenters. The highest BCUT2D eigenvalue weighted by Crippen LogP contribution is 2.03. The number of benzene rings is 1. The van der Waals surface area contributed by atoms with Gasteiger partial charge in [-0.1, -0.05) is 12.1 Å². The highest BCUT2D eigenvalue weighted by atomic mass is 19.1. The van der Waals surface area contributed by atoms with Gasteiger partial charge in [-0.3, -0.25) is 0 Å². The molecular formula is C10H14FNO. The van der Waals surface area contributed by atoms with Crippen LogP contribution in [0.15, 0.2) is 24.3 Å². The van der Waals surface area contributed by atoms with Crippen molar-refractivity contribution in [3.63, 3.8) is 0 Å². The van der Waals surface area contributed by atoms with Gasteiger partial charge in [-0.05, 0) is 24.6 Å². The van der Waals surface area contributed by atoms with Crippen molar-refractivity contribution in [3.8, 4) is 0 Å². The SMILES string of the molecule is CC(N)COCc1ccc(F)cc1. The van der Waals surface area contributed by atoms with Gasteiger partial charge in [-0.25, -0.2) is 4.39 Å². The zero-order valence-corrected chi connectivity index (χ0v) is 7.66. The molecule has 2 nitrogen and oxygen atoms in total. The lowest BCUT2D eigenvalue weighted by Gasteiger charge is -2.06. The molecule has 0 spiro atoms. The molecule has 72 valence electrons. The molecule has 1 aromatic carbocycles. The van der Waals surface area contributed by atoms with E-state index in [0.717, 1.165) is 5.56 Å². The number of nitrogens with two attached hydrogens (primary N) is 1. The van der Waals surface area contributed by atoms with Crippen LogP contribution in [0, 0.1) is 5.82 Å². The van der Waals surface area contributed by atoms with E-state index in [4.69, 9.17) is 10.5 Å². The van der Waals surface area contributed by atoms with E-state index in [-0.39, 0.29) is 11.9 Å². The average Bonchev–Trinajstić information content (AvgIpc) is 2.08. The van der Waals surface area contributed by atoms with Gasteiger partial charge in [-0.15, -0.1) is 0 Å². The maximum atomic E-state index is 12.5. The number of rotatable bonds is 4. The first-order valence-electron chi connectivity index (χ1n) is 4.26. The van der Waals surface area contributed by atoms with Crippen LogP contribution in [0.2, 0.25) is 0 Å². The van der Waals surface area contributed by atoms with Gasteiger partial charge < -0.3 is 10.5 Å². The number of halogens is 1. The lowest BCUT2D eigenvalue weighted by atomic mass is 10.2. The maximum absolute atomic E-state index is 12.5. The van der Waals surface area contributed by atoms with Crippen molar-refractivity contribution in [2.45, 2.75) is 19.6 Å². The standard InChI is InChI=1S/C10H14FNO/c1-8(12)6-13-7-9-2-4-10(11)5-3-9/h2-5,8H,6-7,12H2,1H3. The second-order valence-corrected chi connectivity index (χ2v) is 3.12. The highest BCUT2D eigenvalue weighted by Gasteiger charge is 1.96. The van der Waals surface area contributed by atoms with Crippen molar-refractivity contribution in [1.29, 1.82) is 0 Å². The molecule has 2 N–H and O–H groups in total. The first-order valence-corrected chi connectivity index (χ1v) is 4.26. The number of ether oxygens (including phenoxy) is 1. The third-order valence-corrected chi connectivity index (χ3v) is 1.56. The van der Waals surface area contributed by atoms with Gasteiger partial charge in [-0.2, -0.15) is 0 Å². The zero-order valence-electron chi connectivity index (χ0n) is 7.66. The van der Waals surface area contributed by atoms with Crippen molar-refractivity contribution < 1.29 is 9.13 Å². The third-order valence-electron chi connectivity index (χ3n) is 1.56. The van der Waals surface area contributed by atoms with Gasteiger partial charge >= 0.3 is 0 Å². The Morgan fingerprint density at radius 2 is 2.00 bits per heavy atom. The summed E-state index contributed by atoms with van der Waals surface area (Å²) < 4.78 is 17.7. The summed E-state index contributed by atoms with van der Waals surface area (Å²) >= 11 is 0. The second-order valence-electron chi connectivity index (χ2n) is 3.12. The van der Waals surface area contributed by atoms with Crippen molar-refractivity contribution in [2.75, 3.05) is 6.61 Å². The van der Waals surface area contributed by atoms with Crippen molar-refractivity contribution in [2.24, 2.45) is 5.73 Å². The maximum Gasteiger partial charge on any atom is 0.123 e. The van der Waals surface area contributed by atoms with Crippen LogP contribution in [0.3, 0.4) is 0 Å². The van der Waals surface area contributed by atoms with Crippen LogP contribution in [0.5, 0.6) is 0 Å². The Kier molecular flexibility index (Phi) is 3.86. The van der Waals surface area contributed by atoms with Crippen LogP contribution < -0.4 is 5.73 Å². The molecule has 3 heteroatoms. The van der Waals surface area contributed by atoms with E-state index in [0.29, 0.717) is 13.2 Å². The first kappa shape index (κ1) is 10.2. The predicted molar refractivity (Wildman–Crippen MR) is 49.7 cm³/mol. The molecule has 0 aliphatic heterocycles. The Hall–Kier alpha value is -0.930. The molecule has 0 aromatic heterocycles. The second kappa shape index (κ2) is 4.94. The van der Waals surface area contributed by atoms with Gasteiger partial charge in [0.25, 0.3) is 0 Å². The Balaban J connectivity index is 2.33. The molecule has 0 saturated carbocycles. The fourth-order valence-corrected chi connectivity index (χ4v) is 0.943. The minimum Gasteiger partial charge on any atom is -0.375 e. The van der Waals surface area contributed by atoms with Crippen LogP contribution in [-0.4, -0.2) is 12.6 Å². The number of hydrogen-bond acceptors (Lipinski definition) is 2. The molecule has 0 heterocycles. The fraction of sp³-hybridized carbons (Fsp3) is 0.400. The van der Waals surface area contributed by atoms with Gasteiger partial charge in [0.05, 0.1) is 13.2 Å². The Morgan fingerprint density at radius 3 is 2.54 bits per heavy atom. The van der Waals surface area contributed by atoms with E-state index in [1.54, 1.807) is 12.1 Å². The van der Waals surface area contributed by atoms with E-state index in [9.17, 15) is 4.39 Å². The molecule has 0 fully saturated rings. The monoisotopic (exact) mass is 183 g/mol. The van der Waals surface area contributed by atoms with E-state index >= 15 is 0 Å². The summed E-state index contributed by atoms with van der Waals surface area (Å²) in [6.07, 6.45) is 0. The molecule has 1 aromatic rings. The van der Waals surface area contributed by atoms with E-state index in [2.05, 4.69) is 0 Å². The zero-order chi connectivity index (χ0) is 9.68. The summed E-state index contributed by atoms with van der Waals surface area (Å²) in [5.41, 5.74) is 6.46. The molecule has 0 aliphatic rings. The Bertz CT molecular complexity index is 246. The summed E-state index contributed by atoms with van der Waals surface area (Å²) in [5.74, 6) is -0.226. The quantitative estimate of drug-likeness (QED) is 0.771. The molecular weight excluding hydrogens is 169 g/mol. The molecule has 1 rings (SSSR count). The van der Waals surface area contributed by atoms with Gasteiger partial charge in [0.1, 0.15) is 5.82 Å². The topological polar surface area (TPSA) is 35.2 Å². The molecule has 1 atom stereocenters. The minimum atomic E-state index is -0.226. The van der Waals surface area contributed by atoms with Crippen LogP contribution in [0.1, 0.15) is 12.5 Å². The van der Waals surface area contributed by atoms with E-state index in [1.165, 1.54) is 12.1 Å².